The zero-order chi connectivity index (χ0) is 12.6. The van der Waals surface area contributed by atoms with Crippen LogP contribution in [0.1, 0.15) is 49.7 Å². The topological polar surface area (TPSA) is 40.2 Å². The highest BCUT2D eigenvalue weighted by molar-refractivity contribution is 5.33. The molecule has 1 heterocycles. The summed E-state index contributed by atoms with van der Waals surface area (Å²) < 4.78 is 7.77. The minimum atomic E-state index is 0.00345. The third kappa shape index (κ3) is 2.14. The summed E-state index contributed by atoms with van der Waals surface area (Å²) in [6.45, 7) is 7.35. The quantitative estimate of drug-likeness (QED) is 0.876. The van der Waals surface area contributed by atoms with Crippen LogP contribution in [0.2, 0.25) is 0 Å². The second kappa shape index (κ2) is 4.46. The number of fused-ring (bicyclic) bond motifs is 1. The maximum absolute atomic E-state index is 6.20. The largest absolute Gasteiger partial charge is 0.382 e. The molecule has 0 amide bonds. The summed E-state index contributed by atoms with van der Waals surface area (Å²) in [5.74, 6) is 0. The van der Waals surface area contributed by atoms with Gasteiger partial charge in [0.2, 0.25) is 0 Å². The number of methoxy groups -OCH3 is 1. The standard InChI is InChI=1S/C14H24N2O/c1-10-8-11-12(15)6-5-7-13(11)16(10)14(2,3)9-17-4/h8,12H,5-7,9,15H2,1-4H3. The average molecular weight is 236 g/mol. The van der Waals surface area contributed by atoms with Crippen LogP contribution in [-0.2, 0) is 16.7 Å². The van der Waals surface area contributed by atoms with Gasteiger partial charge >= 0.3 is 0 Å². The lowest BCUT2D eigenvalue weighted by Crippen LogP contribution is -2.34. The second-order valence-electron chi connectivity index (χ2n) is 5.77. The summed E-state index contributed by atoms with van der Waals surface area (Å²) in [5.41, 5.74) is 10.3. The zero-order valence-electron chi connectivity index (χ0n) is 11.4. The number of nitrogens with two attached hydrogens (primary N) is 1. The van der Waals surface area contributed by atoms with Crippen molar-refractivity contribution >= 4 is 0 Å². The van der Waals surface area contributed by atoms with Crippen LogP contribution in [0, 0.1) is 6.92 Å². The molecule has 1 aromatic rings. The van der Waals surface area contributed by atoms with E-state index in [1.54, 1.807) is 7.11 Å². The van der Waals surface area contributed by atoms with Crippen molar-refractivity contribution < 1.29 is 4.74 Å². The highest BCUT2D eigenvalue weighted by Crippen LogP contribution is 2.34. The molecule has 0 aromatic carbocycles. The first-order valence-electron chi connectivity index (χ1n) is 6.43. The molecule has 96 valence electrons. The van der Waals surface area contributed by atoms with Gasteiger partial charge in [-0.05, 0) is 51.7 Å². The maximum Gasteiger partial charge on any atom is 0.0692 e. The van der Waals surface area contributed by atoms with Gasteiger partial charge in [0.05, 0.1) is 12.1 Å². The summed E-state index contributed by atoms with van der Waals surface area (Å²) in [5, 5.41) is 0. The lowest BCUT2D eigenvalue weighted by Gasteiger charge is -2.32. The van der Waals surface area contributed by atoms with Gasteiger partial charge in [0.25, 0.3) is 0 Å². The van der Waals surface area contributed by atoms with E-state index in [2.05, 4.69) is 31.4 Å². The number of hydrogen-bond donors (Lipinski definition) is 1. The summed E-state index contributed by atoms with van der Waals surface area (Å²) in [6.07, 6.45) is 3.45. The third-order valence-corrected chi connectivity index (χ3v) is 3.75. The first-order valence-corrected chi connectivity index (χ1v) is 6.43. The number of aromatic nitrogens is 1. The molecule has 0 saturated heterocycles. The van der Waals surface area contributed by atoms with Crippen molar-refractivity contribution in [3.8, 4) is 0 Å². The van der Waals surface area contributed by atoms with Gasteiger partial charge in [-0.2, -0.15) is 0 Å². The second-order valence-corrected chi connectivity index (χ2v) is 5.77. The molecule has 0 bridgehead atoms. The fourth-order valence-corrected chi connectivity index (χ4v) is 3.20. The molecular weight excluding hydrogens is 212 g/mol. The van der Waals surface area contributed by atoms with E-state index in [9.17, 15) is 0 Å². The molecular formula is C14H24N2O. The van der Waals surface area contributed by atoms with Crippen LogP contribution in [0.15, 0.2) is 6.07 Å². The predicted molar refractivity (Wildman–Crippen MR) is 70.2 cm³/mol. The van der Waals surface area contributed by atoms with Gasteiger partial charge < -0.3 is 15.0 Å². The van der Waals surface area contributed by atoms with Crippen molar-refractivity contribution in [3.63, 3.8) is 0 Å². The van der Waals surface area contributed by atoms with E-state index in [1.165, 1.54) is 23.4 Å². The van der Waals surface area contributed by atoms with Gasteiger partial charge in [0, 0.05) is 24.5 Å². The molecule has 1 aromatic heterocycles. The first-order chi connectivity index (χ1) is 7.97. The van der Waals surface area contributed by atoms with Gasteiger partial charge in [0.15, 0.2) is 0 Å². The lowest BCUT2D eigenvalue weighted by molar-refractivity contribution is 0.106. The number of rotatable bonds is 3. The highest BCUT2D eigenvalue weighted by Gasteiger charge is 2.29. The van der Waals surface area contributed by atoms with Crippen LogP contribution in [0.5, 0.6) is 0 Å². The Balaban J connectivity index is 2.47. The van der Waals surface area contributed by atoms with E-state index >= 15 is 0 Å². The zero-order valence-corrected chi connectivity index (χ0v) is 11.4. The summed E-state index contributed by atoms with van der Waals surface area (Å²) in [7, 11) is 1.76. The van der Waals surface area contributed by atoms with E-state index in [-0.39, 0.29) is 11.6 Å². The molecule has 3 heteroatoms. The predicted octanol–water partition coefficient (Wildman–Crippen LogP) is 2.51. The molecule has 1 aliphatic rings. The molecule has 3 nitrogen and oxygen atoms in total. The first kappa shape index (κ1) is 12.7. The molecule has 1 unspecified atom stereocenters. The molecule has 0 aliphatic heterocycles. The Morgan fingerprint density at radius 3 is 2.88 bits per heavy atom. The molecule has 2 N–H and O–H groups in total. The Kier molecular flexibility index (Phi) is 3.32. The van der Waals surface area contributed by atoms with Crippen LogP contribution >= 0.6 is 0 Å². The number of aryl methyl sites for hydroxylation is 1. The Morgan fingerprint density at radius 2 is 2.24 bits per heavy atom. The number of ether oxygens (including phenoxy) is 1. The van der Waals surface area contributed by atoms with E-state index < -0.39 is 0 Å². The minimum absolute atomic E-state index is 0.00345. The van der Waals surface area contributed by atoms with Crippen LogP contribution in [0.3, 0.4) is 0 Å². The Morgan fingerprint density at radius 1 is 1.53 bits per heavy atom. The summed E-state index contributed by atoms with van der Waals surface area (Å²) in [4.78, 5) is 0. The molecule has 0 fully saturated rings. The van der Waals surface area contributed by atoms with Crippen LogP contribution < -0.4 is 5.73 Å². The van der Waals surface area contributed by atoms with Gasteiger partial charge in [-0.15, -0.1) is 0 Å². The fraction of sp³-hybridized carbons (Fsp3) is 0.714. The Hall–Kier alpha value is -0.800. The van der Waals surface area contributed by atoms with Gasteiger partial charge in [-0.3, -0.25) is 0 Å². The summed E-state index contributed by atoms with van der Waals surface area (Å²) in [6, 6.07) is 2.48. The average Bonchev–Trinajstić information content (AvgIpc) is 2.56. The van der Waals surface area contributed by atoms with E-state index in [4.69, 9.17) is 10.5 Å². The van der Waals surface area contributed by atoms with E-state index in [0.717, 1.165) is 19.4 Å². The van der Waals surface area contributed by atoms with Crippen molar-refractivity contribution in [2.45, 2.75) is 51.6 Å². The highest BCUT2D eigenvalue weighted by atomic mass is 16.5. The van der Waals surface area contributed by atoms with Crippen molar-refractivity contribution in [1.82, 2.24) is 4.57 Å². The van der Waals surface area contributed by atoms with Crippen molar-refractivity contribution in [2.24, 2.45) is 5.73 Å². The van der Waals surface area contributed by atoms with Crippen molar-refractivity contribution in [1.29, 1.82) is 0 Å². The fourth-order valence-electron chi connectivity index (χ4n) is 3.20. The minimum Gasteiger partial charge on any atom is -0.382 e. The van der Waals surface area contributed by atoms with E-state index in [0.29, 0.717) is 0 Å². The number of nitrogens with zero attached hydrogens (tertiary/aromatic N) is 1. The number of hydrogen-bond acceptors (Lipinski definition) is 2. The van der Waals surface area contributed by atoms with Gasteiger partial charge in [0.1, 0.15) is 0 Å². The molecule has 0 spiro atoms. The lowest BCUT2D eigenvalue weighted by atomic mass is 9.93. The van der Waals surface area contributed by atoms with Crippen LogP contribution in [0.4, 0.5) is 0 Å². The Bertz CT molecular complexity index is 407. The summed E-state index contributed by atoms with van der Waals surface area (Å²) >= 11 is 0. The van der Waals surface area contributed by atoms with E-state index in [1.807, 2.05) is 0 Å². The molecule has 1 atom stereocenters. The SMILES string of the molecule is COCC(C)(C)n1c(C)cc2c1CCCC2N. The molecule has 2 rings (SSSR count). The smallest absolute Gasteiger partial charge is 0.0692 e. The van der Waals surface area contributed by atoms with Crippen LogP contribution in [-0.4, -0.2) is 18.3 Å². The van der Waals surface area contributed by atoms with Crippen molar-refractivity contribution in [3.05, 3.63) is 23.0 Å². The molecule has 0 radical (unpaired) electrons. The van der Waals surface area contributed by atoms with Gasteiger partial charge in [-0.25, -0.2) is 0 Å². The molecule has 1 aliphatic carbocycles. The maximum atomic E-state index is 6.20. The third-order valence-electron chi connectivity index (χ3n) is 3.75. The monoisotopic (exact) mass is 236 g/mol. The molecule has 0 saturated carbocycles. The van der Waals surface area contributed by atoms with Crippen LogP contribution in [0.25, 0.3) is 0 Å². The molecule has 17 heavy (non-hydrogen) atoms. The Labute approximate surface area is 104 Å². The van der Waals surface area contributed by atoms with Gasteiger partial charge in [-0.1, -0.05) is 0 Å². The van der Waals surface area contributed by atoms with Crippen molar-refractivity contribution in [2.75, 3.05) is 13.7 Å². The normalized spacial score (nSPS) is 20.4.